The van der Waals surface area contributed by atoms with Crippen LogP contribution in [0.5, 0.6) is 0 Å². The van der Waals surface area contributed by atoms with Gasteiger partial charge in [-0.15, -0.1) is 0 Å². The molecular weight excluding hydrogens is 264 g/mol. The number of nitrogens with one attached hydrogen (secondary N) is 1. The highest BCUT2D eigenvalue weighted by atomic mass is 16.3. The van der Waals surface area contributed by atoms with Gasteiger partial charge in [0, 0.05) is 32.1 Å². The molecule has 116 valence electrons. The van der Waals surface area contributed by atoms with Crippen LogP contribution >= 0.6 is 0 Å². The van der Waals surface area contributed by atoms with Crippen molar-refractivity contribution < 1.29 is 9.90 Å². The molecular formula is C17H26N2O2. The van der Waals surface area contributed by atoms with Crippen molar-refractivity contribution in [2.75, 3.05) is 13.1 Å². The lowest BCUT2D eigenvalue weighted by molar-refractivity contribution is -0.124. The monoisotopic (exact) mass is 290 g/mol. The topological polar surface area (TPSA) is 52.6 Å². The minimum absolute atomic E-state index is 0.0146. The average Bonchev–Trinajstić information content (AvgIpc) is 2.48. The third-order valence-electron chi connectivity index (χ3n) is 4.05. The summed E-state index contributed by atoms with van der Waals surface area (Å²) in [5.41, 5.74) is 2.44. The van der Waals surface area contributed by atoms with Crippen LogP contribution in [0, 0.1) is 5.92 Å². The van der Waals surface area contributed by atoms with Crippen molar-refractivity contribution in [3.05, 3.63) is 35.4 Å². The molecule has 0 unspecified atom stereocenters. The highest BCUT2D eigenvalue weighted by Gasteiger charge is 2.18. The maximum absolute atomic E-state index is 11.7. The Morgan fingerprint density at radius 3 is 2.52 bits per heavy atom. The van der Waals surface area contributed by atoms with Crippen LogP contribution in [0.15, 0.2) is 24.3 Å². The lowest BCUT2D eigenvalue weighted by Crippen LogP contribution is -2.35. The number of piperidine rings is 1. The molecule has 1 saturated heterocycles. The lowest BCUT2D eigenvalue weighted by Gasteiger charge is -2.30. The number of carbonyl (C=O) groups excluding carboxylic acids is 1. The summed E-state index contributed by atoms with van der Waals surface area (Å²) >= 11 is 0. The smallest absolute Gasteiger partial charge is 0.222 e. The highest BCUT2D eigenvalue weighted by Crippen LogP contribution is 2.16. The minimum Gasteiger partial charge on any atom is -0.393 e. The van der Waals surface area contributed by atoms with Crippen molar-refractivity contribution in [3.63, 3.8) is 0 Å². The van der Waals surface area contributed by atoms with Gasteiger partial charge in [-0.3, -0.25) is 9.69 Å². The fourth-order valence-corrected chi connectivity index (χ4v) is 2.59. The SMILES string of the molecule is CC(C)C(=O)NCc1ccccc1CN1CCC(O)CC1. The Morgan fingerprint density at radius 1 is 1.29 bits per heavy atom. The Labute approximate surface area is 127 Å². The predicted molar refractivity (Wildman–Crippen MR) is 83.6 cm³/mol. The van der Waals surface area contributed by atoms with E-state index in [9.17, 15) is 9.90 Å². The number of hydrogen-bond acceptors (Lipinski definition) is 3. The lowest BCUT2D eigenvalue weighted by atomic mass is 10.0. The number of rotatable bonds is 5. The summed E-state index contributed by atoms with van der Waals surface area (Å²) in [6.07, 6.45) is 1.57. The van der Waals surface area contributed by atoms with E-state index in [1.54, 1.807) is 0 Å². The number of likely N-dealkylation sites (tertiary alicyclic amines) is 1. The molecule has 0 aromatic heterocycles. The summed E-state index contributed by atoms with van der Waals surface area (Å²) in [6, 6.07) is 8.26. The van der Waals surface area contributed by atoms with Gasteiger partial charge in [-0.2, -0.15) is 0 Å². The number of benzene rings is 1. The maximum Gasteiger partial charge on any atom is 0.222 e. The molecule has 2 rings (SSSR count). The first kappa shape index (κ1) is 16.0. The third-order valence-corrected chi connectivity index (χ3v) is 4.05. The number of amides is 1. The standard InChI is InChI=1S/C17H26N2O2/c1-13(2)17(21)18-11-14-5-3-4-6-15(14)12-19-9-7-16(20)8-10-19/h3-6,13,16,20H,7-12H2,1-2H3,(H,18,21). The van der Waals surface area contributed by atoms with Crippen LogP contribution in [0.3, 0.4) is 0 Å². The number of aliphatic hydroxyl groups is 1. The fourth-order valence-electron chi connectivity index (χ4n) is 2.59. The van der Waals surface area contributed by atoms with E-state index in [0.717, 1.165) is 32.5 Å². The second-order valence-corrected chi connectivity index (χ2v) is 6.15. The molecule has 0 atom stereocenters. The molecule has 4 heteroatoms. The van der Waals surface area contributed by atoms with Gasteiger partial charge in [0.15, 0.2) is 0 Å². The molecule has 21 heavy (non-hydrogen) atoms. The van der Waals surface area contributed by atoms with Gasteiger partial charge in [-0.25, -0.2) is 0 Å². The zero-order chi connectivity index (χ0) is 15.2. The van der Waals surface area contributed by atoms with Crippen molar-refractivity contribution in [2.24, 2.45) is 5.92 Å². The first-order valence-electron chi connectivity index (χ1n) is 7.81. The number of nitrogens with zero attached hydrogens (tertiary/aromatic N) is 1. The van der Waals surface area contributed by atoms with Crippen molar-refractivity contribution >= 4 is 5.91 Å². The van der Waals surface area contributed by atoms with Crippen LogP contribution < -0.4 is 5.32 Å². The minimum atomic E-state index is -0.137. The van der Waals surface area contributed by atoms with Gasteiger partial charge < -0.3 is 10.4 Å². The van der Waals surface area contributed by atoms with Gasteiger partial charge in [-0.05, 0) is 24.0 Å². The zero-order valence-corrected chi connectivity index (χ0v) is 13.0. The predicted octanol–water partition coefficient (Wildman–Crippen LogP) is 1.92. The van der Waals surface area contributed by atoms with Crippen molar-refractivity contribution in [1.82, 2.24) is 10.2 Å². The summed E-state index contributed by atoms with van der Waals surface area (Å²) in [5, 5.41) is 12.6. The zero-order valence-electron chi connectivity index (χ0n) is 13.0. The van der Waals surface area contributed by atoms with E-state index in [2.05, 4.69) is 22.3 Å². The maximum atomic E-state index is 11.7. The van der Waals surface area contributed by atoms with Gasteiger partial charge >= 0.3 is 0 Å². The molecule has 1 aromatic carbocycles. The quantitative estimate of drug-likeness (QED) is 0.871. The summed E-state index contributed by atoms with van der Waals surface area (Å²) < 4.78 is 0. The van der Waals surface area contributed by atoms with Gasteiger partial charge in [-0.1, -0.05) is 38.1 Å². The molecule has 1 aliphatic heterocycles. The van der Waals surface area contributed by atoms with Crippen LogP contribution in [0.4, 0.5) is 0 Å². The van der Waals surface area contributed by atoms with Gasteiger partial charge in [0.1, 0.15) is 0 Å². The van der Waals surface area contributed by atoms with Crippen LogP contribution in [-0.2, 0) is 17.9 Å². The van der Waals surface area contributed by atoms with Gasteiger partial charge in [0.05, 0.1) is 6.10 Å². The summed E-state index contributed by atoms with van der Waals surface area (Å²) in [4.78, 5) is 14.1. The molecule has 0 saturated carbocycles. The molecule has 1 aromatic rings. The second-order valence-electron chi connectivity index (χ2n) is 6.15. The Hall–Kier alpha value is -1.39. The molecule has 0 spiro atoms. The molecule has 4 nitrogen and oxygen atoms in total. The number of aliphatic hydroxyl groups excluding tert-OH is 1. The first-order chi connectivity index (χ1) is 10.1. The molecule has 1 amide bonds. The normalized spacial score (nSPS) is 17.1. The third kappa shape index (κ3) is 4.83. The number of hydrogen-bond donors (Lipinski definition) is 2. The van der Waals surface area contributed by atoms with E-state index in [4.69, 9.17) is 0 Å². The van der Waals surface area contributed by atoms with Gasteiger partial charge in [0.2, 0.25) is 5.91 Å². The molecule has 1 fully saturated rings. The van der Waals surface area contributed by atoms with Crippen LogP contribution in [0.2, 0.25) is 0 Å². The summed E-state index contributed by atoms with van der Waals surface area (Å²) in [7, 11) is 0. The van der Waals surface area contributed by atoms with Crippen molar-refractivity contribution in [1.29, 1.82) is 0 Å². The van der Waals surface area contributed by atoms with Gasteiger partial charge in [0.25, 0.3) is 0 Å². The van der Waals surface area contributed by atoms with E-state index in [1.807, 2.05) is 26.0 Å². The van der Waals surface area contributed by atoms with Crippen LogP contribution in [-0.4, -0.2) is 35.1 Å². The van der Waals surface area contributed by atoms with E-state index in [1.165, 1.54) is 11.1 Å². The Morgan fingerprint density at radius 2 is 1.90 bits per heavy atom. The summed E-state index contributed by atoms with van der Waals surface area (Å²) in [6.45, 7) is 7.16. The van der Waals surface area contributed by atoms with Crippen molar-refractivity contribution in [2.45, 2.75) is 45.9 Å². The molecule has 0 aliphatic carbocycles. The molecule has 1 heterocycles. The van der Waals surface area contributed by atoms with Crippen molar-refractivity contribution in [3.8, 4) is 0 Å². The Bertz CT molecular complexity index is 466. The van der Waals surface area contributed by atoms with Crippen LogP contribution in [0.1, 0.15) is 37.8 Å². The van der Waals surface area contributed by atoms with Crippen LogP contribution in [0.25, 0.3) is 0 Å². The second kappa shape index (κ2) is 7.57. The summed E-state index contributed by atoms with van der Waals surface area (Å²) in [5.74, 6) is 0.103. The number of carbonyl (C=O) groups is 1. The molecule has 0 radical (unpaired) electrons. The molecule has 1 aliphatic rings. The molecule has 0 bridgehead atoms. The van der Waals surface area contributed by atoms with E-state index in [0.29, 0.717) is 6.54 Å². The average molecular weight is 290 g/mol. The van der Waals surface area contributed by atoms with E-state index in [-0.39, 0.29) is 17.9 Å². The molecule has 2 N–H and O–H groups in total. The highest BCUT2D eigenvalue weighted by molar-refractivity contribution is 5.77. The Kier molecular flexibility index (Phi) is 5.76. The van der Waals surface area contributed by atoms with E-state index >= 15 is 0 Å². The Balaban J connectivity index is 1.95. The largest absolute Gasteiger partial charge is 0.393 e. The van der Waals surface area contributed by atoms with E-state index < -0.39 is 0 Å². The first-order valence-corrected chi connectivity index (χ1v) is 7.81. The fraction of sp³-hybridized carbons (Fsp3) is 0.588.